The number of carboxylic acid groups (broad SMARTS) is 1. The van der Waals surface area contributed by atoms with Crippen molar-refractivity contribution in [2.75, 3.05) is 0 Å². The maximum absolute atomic E-state index is 12.7. The Hall–Kier alpha value is -1.50. The fourth-order valence-corrected chi connectivity index (χ4v) is 2.60. The quantitative estimate of drug-likeness (QED) is 0.918. The number of thiophene rings is 1. The molecule has 17 heavy (non-hydrogen) atoms. The predicted molar refractivity (Wildman–Crippen MR) is 59.8 cm³/mol. The number of aromatic carboxylic acids is 1. The van der Waals surface area contributed by atoms with E-state index in [0.29, 0.717) is 11.4 Å². The van der Waals surface area contributed by atoms with E-state index in [4.69, 9.17) is 5.11 Å². The zero-order valence-electron chi connectivity index (χ0n) is 8.98. The lowest BCUT2D eigenvalue weighted by Gasteiger charge is -1.97. The first-order chi connectivity index (χ1) is 8.04. The molecule has 0 aromatic carbocycles. The van der Waals surface area contributed by atoms with E-state index >= 15 is 0 Å². The minimum atomic E-state index is -2.69. The summed E-state index contributed by atoms with van der Waals surface area (Å²) in [5.41, 5.74) is -0.336. The van der Waals surface area contributed by atoms with Crippen LogP contribution in [0.5, 0.6) is 0 Å². The van der Waals surface area contributed by atoms with E-state index in [9.17, 15) is 13.6 Å². The van der Waals surface area contributed by atoms with Gasteiger partial charge in [-0.25, -0.2) is 13.6 Å². The average molecular weight is 260 g/mol. The van der Waals surface area contributed by atoms with Crippen molar-refractivity contribution in [3.63, 3.8) is 0 Å². The largest absolute Gasteiger partial charge is 0.477 e. The molecular weight excluding hydrogens is 250 g/mol. The van der Waals surface area contributed by atoms with E-state index in [1.165, 1.54) is 10.7 Å². The van der Waals surface area contributed by atoms with Crippen LogP contribution in [-0.4, -0.2) is 20.9 Å². The molecule has 0 saturated carbocycles. The van der Waals surface area contributed by atoms with Gasteiger partial charge in [-0.15, -0.1) is 11.3 Å². The number of halogens is 2. The topological polar surface area (TPSA) is 55.1 Å². The maximum atomic E-state index is 12.7. The highest BCUT2D eigenvalue weighted by atomic mass is 32.1. The van der Waals surface area contributed by atoms with Crippen LogP contribution in [0.25, 0.3) is 10.2 Å². The Kier molecular flexibility index (Phi) is 3.10. The highest BCUT2D eigenvalue weighted by Gasteiger charge is 2.22. The fraction of sp³-hybridized carbons (Fsp3) is 0.400. The molecule has 2 heterocycles. The Labute approximate surface area is 99.5 Å². The third-order valence-corrected chi connectivity index (χ3v) is 3.44. The minimum Gasteiger partial charge on any atom is -0.477 e. The van der Waals surface area contributed by atoms with Crippen molar-refractivity contribution < 1.29 is 18.7 Å². The van der Waals surface area contributed by atoms with E-state index in [1.54, 1.807) is 0 Å². The van der Waals surface area contributed by atoms with Crippen molar-refractivity contribution in [2.45, 2.75) is 26.3 Å². The second-order valence-electron chi connectivity index (χ2n) is 3.54. The van der Waals surface area contributed by atoms with Crippen LogP contribution in [0, 0.1) is 0 Å². The van der Waals surface area contributed by atoms with Gasteiger partial charge in [0.25, 0.3) is 6.43 Å². The van der Waals surface area contributed by atoms with Crippen LogP contribution < -0.4 is 0 Å². The number of aromatic nitrogens is 2. The number of carbonyl (C=O) groups is 1. The molecule has 0 atom stereocenters. The molecule has 0 unspecified atom stereocenters. The number of aryl methyl sites for hydroxylation is 1. The number of carboxylic acids is 1. The van der Waals surface area contributed by atoms with Crippen molar-refractivity contribution in [3.05, 3.63) is 16.6 Å². The van der Waals surface area contributed by atoms with Crippen molar-refractivity contribution in [1.82, 2.24) is 9.78 Å². The predicted octanol–water partition coefficient (Wildman–Crippen LogP) is 3.14. The number of hydrogen-bond acceptors (Lipinski definition) is 3. The van der Waals surface area contributed by atoms with Crippen LogP contribution in [0.1, 0.15) is 35.1 Å². The first-order valence-electron chi connectivity index (χ1n) is 5.06. The van der Waals surface area contributed by atoms with Crippen LogP contribution in [-0.2, 0) is 6.54 Å². The van der Waals surface area contributed by atoms with Crippen LogP contribution in [0.2, 0.25) is 0 Å². The molecule has 0 spiro atoms. The Morgan fingerprint density at radius 1 is 1.65 bits per heavy atom. The number of fused-ring (bicyclic) bond motifs is 1. The number of nitrogens with zero attached hydrogens (tertiary/aromatic N) is 2. The van der Waals surface area contributed by atoms with E-state index in [0.717, 1.165) is 17.8 Å². The standard InChI is InChI=1S/C10H10F2N2O2S/c1-2-3-14-9-5(7(13-14)8(11)12)4-6(17-9)10(15)16/h4,8H,2-3H2,1H3,(H,15,16). The number of alkyl halides is 2. The fourth-order valence-electron chi connectivity index (χ4n) is 1.62. The van der Waals surface area contributed by atoms with E-state index in [2.05, 4.69) is 5.10 Å². The molecule has 0 saturated heterocycles. The zero-order chi connectivity index (χ0) is 12.6. The van der Waals surface area contributed by atoms with Gasteiger partial charge in [0, 0.05) is 11.9 Å². The van der Waals surface area contributed by atoms with E-state index < -0.39 is 12.4 Å². The summed E-state index contributed by atoms with van der Waals surface area (Å²) in [5, 5.41) is 12.9. The molecule has 0 amide bonds. The molecule has 4 nitrogen and oxygen atoms in total. The van der Waals surface area contributed by atoms with Crippen molar-refractivity contribution >= 4 is 27.5 Å². The molecule has 2 rings (SSSR count). The molecular formula is C10H10F2N2O2S. The zero-order valence-corrected chi connectivity index (χ0v) is 9.80. The molecule has 0 fully saturated rings. The molecule has 0 aliphatic heterocycles. The third kappa shape index (κ3) is 2.02. The van der Waals surface area contributed by atoms with E-state index in [-0.39, 0.29) is 16.0 Å². The first-order valence-corrected chi connectivity index (χ1v) is 5.88. The third-order valence-electron chi connectivity index (χ3n) is 2.30. The van der Waals surface area contributed by atoms with Crippen molar-refractivity contribution in [2.24, 2.45) is 0 Å². The lowest BCUT2D eigenvalue weighted by molar-refractivity contribution is 0.0702. The second kappa shape index (κ2) is 4.40. The average Bonchev–Trinajstić information content (AvgIpc) is 2.78. The lowest BCUT2D eigenvalue weighted by atomic mass is 10.3. The summed E-state index contributed by atoms with van der Waals surface area (Å²) in [5.74, 6) is -1.10. The molecule has 1 N–H and O–H groups in total. The van der Waals surface area contributed by atoms with Crippen LogP contribution in [0.3, 0.4) is 0 Å². The van der Waals surface area contributed by atoms with Gasteiger partial charge in [-0.2, -0.15) is 5.10 Å². The lowest BCUT2D eigenvalue weighted by Crippen LogP contribution is -1.99. The van der Waals surface area contributed by atoms with Gasteiger partial charge in [0.2, 0.25) is 0 Å². The Balaban J connectivity index is 2.62. The highest BCUT2D eigenvalue weighted by molar-refractivity contribution is 7.20. The Bertz CT molecular complexity index is 562. The summed E-state index contributed by atoms with van der Waals surface area (Å²) in [6, 6.07) is 1.27. The van der Waals surface area contributed by atoms with Gasteiger partial charge in [-0.1, -0.05) is 6.92 Å². The van der Waals surface area contributed by atoms with Crippen LogP contribution in [0.15, 0.2) is 6.07 Å². The normalized spacial score (nSPS) is 11.5. The number of rotatable bonds is 4. The minimum absolute atomic E-state index is 0.0594. The van der Waals surface area contributed by atoms with E-state index in [1.807, 2.05) is 6.92 Å². The van der Waals surface area contributed by atoms with Crippen LogP contribution >= 0.6 is 11.3 Å². The molecule has 0 aliphatic rings. The summed E-state index contributed by atoms with van der Waals surface area (Å²) in [6.07, 6.45) is -1.94. The Morgan fingerprint density at radius 2 is 2.35 bits per heavy atom. The van der Waals surface area contributed by atoms with Gasteiger partial charge >= 0.3 is 5.97 Å². The summed E-state index contributed by atoms with van der Waals surface area (Å²) < 4.78 is 26.9. The summed E-state index contributed by atoms with van der Waals surface area (Å²) in [4.78, 5) is 11.4. The molecule has 92 valence electrons. The molecule has 2 aromatic heterocycles. The SMILES string of the molecule is CCCn1nc(C(F)F)c2cc(C(=O)O)sc21. The monoisotopic (exact) mass is 260 g/mol. The van der Waals surface area contributed by atoms with Gasteiger partial charge in [-0.3, -0.25) is 4.68 Å². The Morgan fingerprint density at radius 3 is 2.88 bits per heavy atom. The van der Waals surface area contributed by atoms with Gasteiger partial charge in [0.05, 0.1) is 0 Å². The highest BCUT2D eigenvalue weighted by Crippen LogP contribution is 2.33. The van der Waals surface area contributed by atoms with Crippen molar-refractivity contribution in [3.8, 4) is 0 Å². The summed E-state index contributed by atoms with van der Waals surface area (Å²) in [6.45, 7) is 2.41. The van der Waals surface area contributed by atoms with Gasteiger partial charge in [0.15, 0.2) is 0 Å². The van der Waals surface area contributed by atoms with Crippen LogP contribution in [0.4, 0.5) is 8.78 Å². The second-order valence-corrected chi connectivity index (χ2v) is 4.57. The first kappa shape index (κ1) is 12.0. The molecule has 0 aliphatic carbocycles. The van der Waals surface area contributed by atoms with Gasteiger partial charge in [0.1, 0.15) is 15.4 Å². The van der Waals surface area contributed by atoms with Gasteiger partial charge in [-0.05, 0) is 12.5 Å². The molecule has 0 radical (unpaired) electrons. The van der Waals surface area contributed by atoms with Crippen molar-refractivity contribution in [1.29, 1.82) is 0 Å². The smallest absolute Gasteiger partial charge is 0.345 e. The molecule has 7 heteroatoms. The maximum Gasteiger partial charge on any atom is 0.345 e. The summed E-state index contributed by atoms with van der Waals surface area (Å²) in [7, 11) is 0. The summed E-state index contributed by atoms with van der Waals surface area (Å²) >= 11 is 0.978. The molecule has 2 aromatic rings. The van der Waals surface area contributed by atoms with Gasteiger partial charge < -0.3 is 5.11 Å². The molecule has 0 bridgehead atoms. The number of hydrogen-bond donors (Lipinski definition) is 1.